The summed E-state index contributed by atoms with van der Waals surface area (Å²) in [5.74, 6) is 0.702. The predicted octanol–water partition coefficient (Wildman–Crippen LogP) is 1.14. The molecule has 19 heavy (non-hydrogen) atoms. The van der Waals surface area contributed by atoms with E-state index in [0.29, 0.717) is 18.0 Å². The minimum Gasteiger partial charge on any atom is -0.397 e. The molecule has 5 heteroatoms. The quantitative estimate of drug-likeness (QED) is 0.835. The summed E-state index contributed by atoms with van der Waals surface area (Å²) in [6.45, 7) is 2.44. The molecule has 0 unspecified atom stereocenters. The van der Waals surface area contributed by atoms with Crippen LogP contribution in [0.25, 0.3) is 0 Å². The van der Waals surface area contributed by atoms with Gasteiger partial charge in [-0.15, -0.1) is 0 Å². The molecule has 1 aromatic rings. The van der Waals surface area contributed by atoms with Crippen LogP contribution in [0.2, 0.25) is 0 Å². The van der Waals surface area contributed by atoms with Gasteiger partial charge in [-0.1, -0.05) is 0 Å². The first-order chi connectivity index (χ1) is 9.24. The third kappa shape index (κ3) is 4.87. The average Bonchev–Trinajstić information content (AvgIpc) is 2.43. The van der Waals surface area contributed by atoms with Gasteiger partial charge in [0, 0.05) is 25.5 Å². The van der Waals surface area contributed by atoms with E-state index in [4.69, 9.17) is 10.5 Å². The Kier molecular flexibility index (Phi) is 5.15. The number of nitrogens with one attached hydrogen (secondary N) is 1. The van der Waals surface area contributed by atoms with Crippen LogP contribution in [0.4, 0.5) is 5.69 Å². The molecule has 1 saturated heterocycles. The first-order valence-electron chi connectivity index (χ1n) is 6.79. The van der Waals surface area contributed by atoms with Crippen molar-refractivity contribution in [3.05, 3.63) is 24.0 Å². The zero-order chi connectivity index (χ0) is 13.5. The van der Waals surface area contributed by atoms with E-state index in [1.165, 1.54) is 0 Å². The van der Waals surface area contributed by atoms with Crippen molar-refractivity contribution < 1.29 is 9.53 Å². The molecule has 0 aliphatic carbocycles. The number of carbonyl (C=O) groups excluding carboxylic acids is 1. The van der Waals surface area contributed by atoms with Crippen molar-refractivity contribution in [3.8, 4) is 0 Å². The van der Waals surface area contributed by atoms with Crippen molar-refractivity contribution in [1.29, 1.82) is 0 Å². The molecule has 0 saturated carbocycles. The molecule has 0 atom stereocenters. The van der Waals surface area contributed by atoms with Gasteiger partial charge < -0.3 is 15.8 Å². The molecule has 0 spiro atoms. The molecule has 2 rings (SSSR count). The number of carbonyl (C=O) groups is 1. The summed E-state index contributed by atoms with van der Waals surface area (Å²) in [5.41, 5.74) is 6.91. The number of anilines is 1. The van der Waals surface area contributed by atoms with Gasteiger partial charge in [-0.2, -0.15) is 0 Å². The molecule has 2 heterocycles. The molecule has 0 aromatic carbocycles. The van der Waals surface area contributed by atoms with Crippen molar-refractivity contribution in [2.24, 2.45) is 5.92 Å². The molecule has 5 nitrogen and oxygen atoms in total. The van der Waals surface area contributed by atoms with E-state index in [-0.39, 0.29) is 5.91 Å². The van der Waals surface area contributed by atoms with Gasteiger partial charge in [-0.3, -0.25) is 9.78 Å². The maximum Gasteiger partial charge on any atom is 0.226 e. The van der Waals surface area contributed by atoms with E-state index in [9.17, 15) is 4.79 Å². The second-order valence-electron chi connectivity index (χ2n) is 4.95. The molecule has 0 bridgehead atoms. The lowest BCUT2D eigenvalue weighted by Crippen LogP contribution is -2.29. The highest BCUT2D eigenvalue weighted by atomic mass is 16.5. The second-order valence-corrected chi connectivity index (χ2v) is 4.95. The fraction of sp³-hybridized carbons (Fsp3) is 0.571. The summed E-state index contributed by atoms with van der Waals surface area (Å²) in [5, 5.41) is 2.94. The minimum atomic E-state index is 0.0179. The molecule has 1 aromatic heterocycles. The van der Waals surface area contributed by atoms with E-state index in [1.54, 1.807) is 18.3 Å². The first kappa shape index (κ1) is 13.8. The molecule has 1 fully saturated rings. The van der Waals surface area contributed by atoms with E-state index in [0.717, 1.165) is 44.7 Å². The van der Waals surface area contributed by atoms with E-state index < -0.39 is 0 Å². The summed E-state index contributed by atoms with van der Waals surface area (Å²) in [4.78, 5) is 15.8. The highest BCUT2D eigenvalue weighted by molar-refractivity contribution is 5.78. The predicted molar refractivity (Wildman–Crippen MR) is 73.5 cm³/mol. The van der Waals surface area contributed by atoms with Crippen LogP contribution >= 0.6 is 0 Å². The third-order valence-electron chi connectivity index (χ3n) is 3.40. The Hall–Kier alpha value is -1.62. The zero-order valence-corrected chi connectivity index (χ0v) is 11.1. The van der Waals surface area contributed by atoms with Crippen LogP contribution in [0.15, 0.2) is 18.3 Å². The van der Waals surface area contributed by atoms with Gasteiger partial charge >= 0.3 is 0 Å². The summed E-state index contributed by atoms with van der Waals surface area (Å²) < 4.78 is 5.31. The van der Waals surface area contributed by atoms with Crippen molar-refractivity contribution >= 4 is 11.6 Å². The Labute approximate surface area is 113 Å². The fourth-order valence-electron chi connectivity index (χ4n) is 2.22. The smallest absolute Gasteiger partial charge is 0.226 e. The molecule has 1 amide bonds. The van der Waals surface area contributed by atoms with Crippen LogP contribution in [0, 0.1) is 5.92 Å². The average molecular weight is 263 g/mol. The summed E-state index contributed by atoms with van der Waals surface area (Å²) in [6.07, 6.45) is 5.13. The minimum absolute atomic E-state index is 0.0179. The van der Waals surface area contributed by atoms with Gasteiger partial charge in [0.05, 0.1) is 18.3 Å². The molecule has 3 N–H and O–H groups in total. The van der Waals surface area contributed by atoms with Crippen LogP contribution in [0.1, 0.15) is 25.0 Å². The monoisotopic (exact) mass is 263 g/mol. The maximum absolute atomic E-state index is 11.7. The highest BCUT2D eigenvalue weighted by Gasteiger charge is 2.13. The van der Waals surface area contributed by atoms with Gasteiger partial charge in [-0.05, 0) is 37.3 Å². The van der Waals surface area contributed by atoms with Gasteiger partial charge in [0.15, 0.2) is 0 Å². The number of nitrogens with zero attached hydrogens (tertiary/aromatic N) is 1. The lowest BCUT2D eigenvalue weighted by Gasteiger charge is -2.21. The molecular weight excluding hydrogens is 242 g/mol. The maximum atomic E-state index is 11.7. The van der Waals surface area contributed by atoms with Crippen LogP contribution in [0.3, 0.4) is 0 Å². The van der Waals surface area contributed by atoms with Crippen LogP contribution < -0.4 is 11.1 Å². The number of ether oxygens (including phenoxy) is 1. The zero-order valence-electron chi connectivity index (χ0n) is 11.1. The van der Waals surface area contributed by atoms with E-state index >= 15 is 0 Å². The SMILES string of the molecule is Nc1ccc(CC(=O)NCCC2CCOCC2)nc1. The summed E-state index contributed by atoms with van der Waals surface area (Å²) in [6, 6.07) is 3.55. The molecule has 0 radical (unpaired) electrons. The Morgan fingerprint density at radius 2 is 2.21 bits per heavy atom. The number of rotatable bonds is 5. The fourth-order valence-corrected chi connectivity index (χ4v) is 2.22. The van der Waals surface area contributed by atoms with Crippen molar-refractivity contribution in [2.45, 2.75) is 25.7 Å². The lowest BCUT2D eigenvalue weighted by atomic mass is 9.97. The van der Waals surface area contributed by atoms with Crippen molar-refractivity contribution in [1.82, 2.24) is 10.3 Å². The molecule has 104 valence electrons. The van der Waals surface area contributed by atoms with E-state index in [1.807, 2.05) is 0 Å². The number of amides is 1. The van der Waals surface area contributed by atoms with Gasteiger partial charge in [0.2, 0.25) is 5.91 Å². The normalized spacial score (nSPS) is 16.2. The Bertz CT molecular complexity index is 400. The number of hydrogen-bond donors (Lipinski definition) is 2. The van der Waals surface area contributed by atoms with Gasteiger partial charge in [0.1, 0.15) is 0 Å². The Morgan fingerprint density at radius 1 is 1.42 bits per heavy atom. The van der Waals surface area contributed by atoms with Crippen LogP contribution in [-0.4, -0.2) is 30.6 Å². The van der Waals surface area contributed by atoms with Crippen LogP contribution in [0.5, 0.6) is 0 Å². The number of hydrogen-bond acceptors (Lipinski definition) is 4. The van der Waals surface area contributed by atoms with Crippen LogP contribution in [-0.2, 0) is 16.0 Å². The summed E-state index contributed by atoms with van der Waals surface area (Å²) in [7, 11) is 0. The van der Waals surface area contributed by atoms with E-state index in [2.05, 4.69) is 10.3 Å². The topological polar surface area (TPSA) is 77.2 Å². The third-order valence-corrected chi connectivity index (χ3v) is 3.40. The Morgan fingerprint density at radius 3 is 2.89 bits per heavy atom. The summed E-state index contributed by atoms with van der Waals surface area (Å²) >= 11 is 0. The van der Waals surface area contributed by atoms with Crippen molar-refractivity contribution in [3.63, 3.8) is 0 Å². The molecule has 1 aliphatic rings. The molecule has 1 aliphatic heterocycles. The first-order valence-corrected chi connectivity index (χ1v) is 6.79. The lowest BCUT2D eigenvalue weighted by molar-refractivity contribution is -0.120. The number of nitrogens with two attached hydrogens (primary N) is 1. The Balaban J connectivity index is 1.65. The highest BCUT2D eigenvalue weighted by Crippen LogP contribution is 2.17. The van der Waals surface area contributed by atoms with Gasteiger partial charge in [0.25, 0.3) is 0 Å². The number of nitrogen functional groups attached to an aromatic ring is 1. The standard InChI is InChI=1S/C14H21N3O2/c15-12-1-2-13(17-10-12)9-14(18)16-6-3-11-4-7-19-8-5-11/h1-2,10-11H,3-9,15H2,(H,16,18). The second kappa shape index (κ2) is 7.09. The largest absolute Gasteiger partial charge is 0.397 e. The van der Waals surface area contributed by atoms with Gasteiger partial charge in [-0.25, -0.2) is 0 Å². The number of aromatic nitrogens is 1. The number of pyridine rings is 1. The molecular formula is C14H21N3O2. The van der Waals surface area contributed by atoms with Crippen molar-refractivity contribution in [2.75, 3.05) is 25.5 Å².